The highest BCUT2D eigenvalue weighted by atomic mass is 35.5. The maximum atomic E-state index is 11.5. The van der Waals surface area contributed by atoms with Gasteiger partial charge in [0.25, 0.3) is 0 Å². The van der Waals surface area contributed by atoms with Crippen LogP contribution in [0, 0.1) is 0 Å². The van der Waals surface area contributed by atoms with Gasteiger partial charge in [0.1, 0.15) is 0 Å². The molecule has 1 heterocycles. The van der Waals surface area contributed by atoms with Gasteiger partial charge in [-0.15, -0.1) is 11.3 Å². The number of benzene rings is 1. The Bertz CT molecular complexity index is 706. The monoisotopic (exact) mass is 338 g/mol. The topological polar surface area (TPSA) is 55.8 Å². The maximum Gasteiger partial charge on any atom is 0.337 e. The lowest BCUT2D eigenvalue weighted by Crippen LogP contribution is -1.98. The summed E-state index contributed by atoms with van der Waals surface area (Å²) in [5, 5.41) is 9.41. The summed E-state index contributed by atoms with van der Waals surface area (Å²) in [5.74, 6) is 0.176. The van der Waals surface area contributed by atoms with E-state index in [0.717, 1.165) is 0 Å². The smallest absolute Gasteiger partial charge is 0.337 e. The first kappa shape index (κ1) is 16.4. The highest BCUT2D eigenvalue weighted by Gasteiger charge is 2.14. The van der Waals surface area contributed by atoms with Crippen molar-refractivity contribution in [2.75, 3.05) is 13.7 Å². The lowest BCUT2D eigenvalue weighted by molar-refractivity contribution is -0.130. The molecule has 0 radical (unpaired) electrons. The Labute approximate surface area is 137 Å². The van der Waals surface area contributed by atoms with Gasteiger partial charge in [0.05, 0.1) is 23.6 Å². The highest BCUT2D eigenvalue weighted by molar-refractivity contribution is 7.17. The Kier molecular flexibility index (Phi) is 5.46. The largest absolute Gasteiger partial charge is 0.493 e. The number of halogens is 1. The molecular weight excluding hydrogens is 324 g/mol. The van der Waals surface area contributed by atoms with E-state index >= 15 is 0 Å². The number of aliphatic carboxylic acids is 1. The summed E-state index contributed by atoms with van der Waals surface area (Å²) in [6.07, 6.45) is 1.59. The van der Waals surface area contributed by atoms with E-state index in [-0.39, 0.29) is 5.57 Å². The van der Waals surface area contributed by atoms with Crippen molar-refractivity contribution in [2.24, 2.45) is 0 Å². The molecule has 22 heavy (non-hydrogen) atoms. The lowest BCUT2D eigenvalue weighted by atomic mass is 10.1. The number of methoxy groups -OCH3 is 1. The average Bonchev–Trinajstić information content (AvgIpc) is 2.91. The summed E-state index contributed by atoms with van der Waals surface area (Å²) in [6, 6.07) is 8.65. The zero-order valence-electron chi connectivity index (χ0n) is 12.1. The van der Waals surface area contributed by atoms with Gasteiger partial charge in [0.15, 0.2) is 11.5 Å². The highest BCUT2D eigenvalue weighted by Crippen LogP contribution is 2.32. The van der Waals surface area contributed by atoms with Gasteiger partial charge in [-0.2, -0.15) is 0 Å². The zero-order chi connectivity index (χ0) is 16.1. The van der Waals surface area contributed by atoms with Crippen LogP contribution in [-0.2, 0) is 4.79 Å². The molecule has 0 bridgehead atoms. The lowest BCUT2D eigenvalue weighted by Gasteiger charge is -2.10. The van der Waals surface area contributed by atoms with Crippen molar-refractivity contribution in [1.82, 2.24) is 0 Å². The maximum absolute atomic E-state index is 11.5. The van der Waals surface area contributed by atoms with Gasteiger partial charge in [-0.25, -0.2) is 4.79 Å². The molecule has 2 aromatic rings. The van der Waals surface area contributed by atoms with Crippen LogP contribution in [0.2, 0.25) is 4.34 Å². The number of thiophene rings is 1. The van der Waals surface area contributed by atoms with Crippen LogP contribution in [0.1, 0.15) is 17.4 Å². The minimum atomic E-state index is -1.01. The third kappa shape index (κ3) is 3.81. The van der Waals surface area contributed by atoms with E-state index in [1.165, 1.54) is 11.3 Å². The molecule has 1 N–H and O–H groups in total. The fourth-order valence-corrected chi connectivity index (χ4v) is 2.97. The van der Waals surface area contributed by atoms with E-state index in [1.54, 1.807) is 43.5 Å². The molecule has 0 atom stereocenters. The number of carbonyl (C=O) groups is 1. The van der Waals surface area contributed by atoms with E-state index < -0.39 is 5.97 Å². The van der Waals surface area contributed by atoms with Crippen molar-refractivity contribution in [3.8, 4) is 11.5 Å². The Balaban J connectivity index is 2.44. The van der Waals surface area contributed by atoms with Crippen LogP contribution in [0.25, 0.3) is 11.6 Å². The summed E-state index contributed by atoms with van der Waals surface area (Å²) in [6.45, 7) is 2.37. The molecule has 1 aromatic carbocycles. The zero-order valence-corrected chi connectivity index (χ0v) is 13.7. The number of carboxylic acids is 1. The fourth-order valence-electron chi connectivity index (χ4n) is 1.92. The molecule has 0 aliphatic carbocycles. The first-order chi connectivity index (χ1) is 10.5. The summed E-state index contributed by atoms with van der Waals surface area (Å²) >= 11 is 7.11. The first-order valence-corrected chi connectivity index (χ1v) is 7.76. The number of carboxylic acid groups (broad SMARTS) is 1. The molecule has 0 amide bonds. The van der Waals surface area contributed by atoms with Gasteiger partial charge in [0.2, 0.25) is 0 Å². The van der Waals surface area contributed by atoms with Crippen molar-refractivity contribution in [2.45, 2.75) is 6.92 Å². The molecule has 0 aliphatic heterocycles. The van der Waals surface area contributed by atoms with E-state index in [4.69, 9.17) is 21.1 Å². The van der Waals surface area contributed by atoms with Crippen molar-refractivity contribution >= 4 is 40.6 Å². The molecule has 116 valence electrons. The van der Waals surface area contributed by atoms with E-state index in [2.05, 4.69) is 0 Å². The molecule has 0 fully saturated rings. The first-order valence-electron chi connectivity index (χ1n) is 6.56. The van der Waals surface area contributed by atoms with E-state index in [1.807, 2.05) is 6.92 Å². The van der Waals surface area contributed by atoms with Gasteiger partial charge in [-0.1, -0.05) is 17.7 Å². The fraction of sp³-hybridized carbons (Fsp3) is 0.188. The van der Waals surface area contributed by atoms with Crippen molar-refractivity contribution in [1.29, 1.82) is 0 Å². The van der Waals surface area contributed by atoms with Crippen molar-refractivity contribution < 1.29 is 19.4 Å². The normalized spacial score (nSPS) is 11.3. The molecule has 0 saturated heterocycles. The molecule has 4 nitrogen and oxygen atoms in total. The number of ether oxygens (including phenoxy) is 2. The molecule has 0 aliphatic rings. The van der Waals surface area contributed by atoms with Crippen LogP contribution < -0.4 is 9.47 Å². The third-order valence-electron chi connectivity index (χ3n) is 2.87. The Morgan fingerprint density at radius 3 is 2.64 bits per heavy atom. The quantitative estimate of drug-likeness (QED) is 0.791. The second-order valence-electron chi connectivity index (χ2n) is 4.31. The second kappa shape index (κ2) is 7.33. The SMILES string of the molecule is CCOc1cc(/C=C(\C(=O)O)c2ccc(Cl)s2)ccc1OC. The summed E-state index contributed by atoms with van der Waals surface area (Å²) in [5.41, 5.74) is 0.899. The van der Waals surface area contributed by atoms with Crippen LogP contribution in [0.3, 0.4) is 0 Å². The van der Waals surface area contributed by atoms with E-state index in [9.17, 15) is 9.90 Å². The van der Waals surface area contributed by atoms with Gasteiger partial charge >= 0.3 is 5.97 Å². The second-order valence-corrected chi connectivity index (χ2v) is 6.03. The third-order valence-corrected chi connectivity index (χ3v) is 4.13. The molecular formula is C16H15ClO4S. The predicted molar refractivity (Wildman–Crippen MR) is 89.0 cm³/mol. The molecule has 0 saturated carbocycles. The Morgan fingerprint density at radius 2 is 2.09 bits per heavy atom. The molecule has 2 rings (SSSR count). The molecule has 0 spiro atoms. The van der Waals surface area contributed by atoms with Crippen LogP contribution in [-0.4, -0.2) is 24.8 Å². The Morgan fingerprint density at radius 1 is 1.32 bits per heavy atom. The van der Waals surface area contributed by atoms with Crippen molar-refractivity contribution in [3.05, 3.63) is 45.1 Å². The standard InChI is InChI=1S/C16H15ClO4S/c1-3-21-13-9-10(4-5-12(13)20-2)8-11(16(18)19)14-6-7-15(17)22-14/h4-9H,3H2,1-2H3,(H,18,19)/b11-8-. The van der Waals surface area contributed by atoms with Crippen LogP contribution in [0.4, 0.5) is 0 Å². The predicted octanol–water partition coefficient (Wildman–Crippen LogP) is 4.43. The van der Waals surface area contributed by atoms with Crippen LogP contribution >= 0.6 is 22.9 Å². The van der Waals surface area contributed by atoms with Crippen LogP contribution in [0.5, 0.6) is 11.5 Å². The minimum absolute atomic E-state index is 0.185. The Hall–Kier alpha value is -1.98. The van der Waals surface area contributed by atoms with Gasteiger partial charge in [-0.05, 0) is 42.8 Å². The minimum Gasteiger partial charge on any atom is -0.493 e. The van der Waals surface area contributed by atoms with E-state index in [0.29, 0.717) is 32.9 Å². The summed E-state index contributed by atoms with van der Waals surface area (Å²) < 4.78 is 11.3. The van der Waals surface area contributed by atoms with Gasteiger partial charge < -0.3 is 14.6 Å². The summed E-state index contributed by atoms with van der Waals surface area (Å²) in [4.78, 5) is 12.1. The summed E-state index contributed by atoms with van der Waals surface area (Å²) in [7, 11) is 1.56. The number of hydrogen-bond acceptors (Lipinski definition) is 4. The van der Waals surface area contributed by atoms with Crippen molar-refractivity contribution in [3.63, 3.8) is 0 Å². The van der Waals surface area contributed by atoms with Gasteiger partial charge in [0, 0.05) is 4.88 Å². The number of rotatable bonds is 6. The molecule has 6 heteroatoms. The molecule has 1 aromatic heterocycles. The number of hydrogen-bond donors (Lipinski definition) is 1. The average molecular weight is 339 g/mol. The van der Waals surface area contributed by atoms with Gasteiger partial charge in [-0.3, -0.25) is 0 Å². The molecule has 0 unspecified atom stereocenters. The van der Waals surface area contributed by atoms with Crippen LogP contribution in [0.15, 0.2) is 30.3 Å².